The van der Waals surface area contributed by atoms with E-state index in [1.807, 2.05) is 72.8 Å². The van der Waals surface area contributed by atoms with Gasteiger partial charge in [-0.3, -0.25) is 9.36 Å². The molecule has 5 heteroatoms. The van der Waals surface area contributed by atoms with Gasteiger partial charge in [0.25, 0.3) is 0 Å². The Morgan fingerprint density at radius 3 is 2.32 bits per heavy atom. The minimum Gasteiger partial charge on any atom is -0.481 e. The molecule has 146 valence electrons. The van der Waals surface area contributed by atoms with Gasteiger partial charge in [0.15, 0.2) is 0 Å². The Morgan fingerprint density at radius 2 is 1.61 bits per heavy atom. The predicted molar refractivity (Wildman–Crippen MR) is 113 cm³/mol. The Labute approximate surface area is 165 Å². The second kappa shape index (κ2) is 8.72. The third-order valence-corrected chi connectivity index (χ3v) is 6.97. The molecule has 0 aliphatic carbocycles. The number of fused-ring (bicyclic) bond motifs is 1. The number of hydrogen-bond donors (Lipinski definition) is 2. The van der Waals surface area contributed by atoms with E-state index in [0.717, 1.165) is 21.9 Å². The molecule has 0 bridgehead atoms. The largest absolute Gasteiger partial charge is 0.481 e. The molecule has 3 atom stereocenters. The molecule has 0 amide bonds. The molecule has 0 saturated carbocycles. The van der Waals surface area contributed by atoms with Crippen LogP contribution in [0.4, 0.5) is 0 Å². The van der Waals surface area contributed by atoms with Crippen LogP contribution >= 0.6 is 7.37 Å². The number of benzene rings is 3. The lowest BCUT2D eigenvalue weighted by molar-refractivity contribution is -0.141. The smallest absolute Gasteiger partial charge is 0.306 e. The topological polar surface area (TPSA) is 74.6 Å². The fraction of sp³-hybridized carbons (Fsp3) is 0.261. The van der Waals surface area contributed by atoms with Crippen LogP contribution in [-0.4, -0.2) is 22.1 Å². The Morgan fingerprint density at radius 1 is 0.964 bits per heavy atom. The first kappa shape index (κ1) is 20.3. The number of carbonyl (C=O) groups is 1. The van der Waals surface area contributed by atoms with Gasteiger partial charge in [-0.25, -0.2) is 0 Å². The molecule has 4 nitrogen and oxygen atoms in total. The van der Waals surface area contributed by atoms with E-state index in [1.165, 1.54) is 0 Å². The van der Waals surface area contributed by atoms with E-state index in [0.29, 0.717) is 6.42 Å². The molecule has 0 aliphatic rings. The SMILES string of the molecule is CC(CC(CP(=O)(O)Cc1ccccc1)c1cccc2ccccc12)C(=O)O. The Bertz CT molecular complexity index is 994. The Hall–Kier alpha value is -2.42. The average Bonchev–Trinajstić information content (AvgIpc) is 2.67. The molecule has 0 heterocycles. The van der Waals surface area contributed by atoms with Crippen molar-refractivity contribution < 1.29 is 19.4 Å². The lowest BCUT2D eigenvalue weighted by Gasteiger charge is -2.24. The van der Waals surface area contributed by atoms with E-state index in [2.05, 4.69) is 0 Å². The minimum atomic E-state index is -3.49. The molecular formula is C23H25O4P. The van der Waals surface area contributed by atoms with Crippen LogP contribution in [0.2, 0.25) is 0 Å². The van der Waals surface area contributed by atoms with Gasteiger partial charge in [0, 0.05) is 12.3 Å². The summed E-state index contributed by atoms with van der Waals surface area (Å²) in [5, 5.41) is 11.4. The molecule has 28 heavy (non-hydrogen) atoms. The van der Waals surface area contributed by atoms with Gasteiger partial charge in [0.1, 0.15) is 0 Å². The molecule has 3 rings (SSSR count). The highest BCUT2D eigenvalue weighted by Gasteiger charge is 2.29. The lowest BCUT2D eigenvalue weighted by Crippen LogP contribution is -2.17. The number of rotatable bonds is 8. The predicted octanol–water partition coefficient (Wildman–Crippen LogP) is 5.50. The first-order chi connectivity index (χ1) is 13.4. The maximum Gasteiger partial charge on any atom is 0.306 e. The second-order valence-corrected chi connectivity index (χ2v) is 9.79. The molecule has 0 aromatic heterocycles. The highest BCUT2D eigenvalue weighted by Crippen LogP contribution is 2.50. The standard InChI is InChI=1S/C23H25O4P/c1-17(23(24)25)14-20(16-28(26,27)15-18-8-3-2-4-9-18)22-13-7-11-19-10-5-6-12-21(19)22/h2-13,17,20H,14-16H2,1H3,(H,24,25)(H,26,27). The summed E-state index contributed by atoms with van der Waals surface area (Å²) >= 11 is 0. The van der Waals surface area contributed by atoms with Gasteiger partial charge in [0.05, 0.1) is 5.92 Å². The van der Waals surface area contributed by atoms with E-state index < -0.39 is 19.3 Å². The number of carboxylic acid groups (broad SMARTS) is 1. The zero-order valence-electron chi connectivity index (χ0n) is 15.9. The number of hydrogen-bond acceptors (Lipinski definition) is 2. The third-order valence-electron chi connectivity index (χ3n) is 5.10. The summed E-state index contributed by atoms with van der Waals surface area (Å²) in [4.78, 5) is 22.2. The quantitative estimate of drug-likeness (QED) is 0.493. The van der Waals surface area contributed by atoms with E-state index in [1.54, 1.807) is 6.92 Å². The minimum absolute atomic E-state index is 0.0630. The van der Waals surface area contributed by atoms with Crippen molar-refractivity contribution in [2.24, 2.45) is 5.92 Å². The molecule has 0 radical (unpaired) electrons. The Kier molecular flexibility index (Phi) is 6.33. The normalized spacial score (nSPS) is 15.6. The van der Waals surface area contributed by atoms with Crippen molar-refractivity contribution in [2.75, 3.05) is 6.16 Å². The van der Waals surface area contributed by atoms with Gasteiger partial charge >= 0.3 is 5.97 Å². The van der Waals surface area contributed by atoms with Gasteiger partial charge in [-0.2, -0.15) is 0 Å². The van der Waals surface area contributed by atoms with Gasteiger partial charge in [-0.05, 0) is 34.2 Å². The summed E-state index contributed by atoms with van der Waals surface area (Å²) in [5.41, 5.74) is 1.75. The van der Waals surface area contributed by atoms with Crippen LogP contribution in [0.15, 0.2) is 72.8 Å². The second-order valence-electron chi connectivity index (χ2n) is 7.41. The maximum atomic E-state index is 13.1. The zero-order valence-corrected chi connectivity index (χ0v) is 16.8. The fourth-order valence-corrected chi connectivity index (χ4v) is 5.66. The molecule has 3 aromatic rings. The summed E-state index contributed by atoms with van der Waals surface area (Å²) in [6.07, 6.45) is 0.479. The molecule has 0 saturated heterocycles. The highest BCUT2D eigenvalue weighted by atomic mass is 31.2. The Balaban J connectivity index is 1.95. The van der Waals surface area contributed by atoms with Crippen molar-refractivity contribution in [3.63, 3.8) is 0 Å². The summed E-state index contributed by atoms with van der Waals surface area (Å²) in [6.45, 7) is 1.65. The molecule has 0 spiro atoms. The van der Waals surface area contributed by atoms with Crippen molar-refractivity contribution in [3.05, 3.63) is 83.9 Å². The van der Waals surface area contributed by atoms with Crippen LogP contribution < -0.4 is 0 Å². The molecule has 3 aromatic carbocycles. The number of aliphatic carboxylic acids is 1. The third kappa shape index (κ3) is 5.09. The van der Waals surface area contributed by atoms with Crippen molar-refractivity contribution in [1.82, 2.24) is 0 Å². The molecule has 0 aliphatic heterocycles. The van der Waals surface area contributed by atoms with Gasteiger partial charge in [-0.1, -0.05) is 79.7 Å². The van der Waals surface area contributed by atoms with E-state index in [4.69, 9.17) is 0 Å². The summed E-state index contributed by atoms with van der Waals surface area (Å²) in [7, 11) is -3.49. The molecule has 0 fully saturated rings. The van der Waals surface area contributed by atoms with Crippen molar-refractivity contribution in [2.45, 2.75) is 25.4 Å². The zero-order chi connectivity index (χ0) is 20.1. The molecule has 2 N–H and O–H groups in total. The van der Waals surface area contributed by atoms with Crippen LogP contribution in [-0.2, 0) is 15.5 Å². The van der Waals surface area contributed by atoms with Crippen molar-refractivity contribution in [3.8, 4) is 0 Å². The summed E-state index contributed by atoms with van der Waals surface area (Å²) in [5.74, 6) is -1.79. The average molecular weight is 396 g/mol. The van der Waals surface area contributed by atoms with Crippen LogP contribution in [0.25, 0.3) is 10.8 Å². The fourth-order valence-electron chi connectivity index (χ4n) is 3.71. The van der Waals surface area contributed by atoms with Gasteiger partial charge in [0.2, 0.25) is 7.37 Å². The number of carboxylic acids is 1. The first-order valence-electron chi connectivity index (χ1n) is 9.41. The van der Waals surface area contributed by atoms with Crippen LogP contribution in [0.5, 0.6) is 0 Å². The van der Waals surface area contributed by atoms with Crippen LogP contribution in [0.1, 0.15) is 30.4 Å². The lowest BCUT2D eigenvalue weighted by atomic mass is 9.88. The monoisotopic (exact) mass is 396 g/mol. The van der Waals surface area contributed by atoms with E-state index >= 15 is 0 Å². The first-order valence-corrected chi connectivity index (χ1v) is 11.4. The summed E-state index contributed by atoms with van der Waals surface area (Å²) < 4.78 is 13.1. The van der Waals surface area contributed by atoms with E-state index in [-0.39, 0.29) is 18.2 Å². The van der Waals surface area contributed by atoms with Crippen LogP contribution in [0.3, 0.4) is 0 Å². The molecule has 3 unspecified atom stereocenters. The maximum absolute atomic E-state index is 13.1. The van der Waals surface area contributed by atoms with Gasteiger partial charge in [-0.15, -0.1) is 0 Å². The van der Waals surface area contributed by atoms with Crippen LogP contribution in [0, 0.1) is 5.92 Å². The van der Waals surface area contributed by atoms with Crippen molar-refractivity contribution in [1.29, 1.82) is 0 Å². The van der Waals surface area contributed by atoms with E-state index in [9.17, 15) is 19.4 Å². The van der Waals surface area contributed by atoms with Crippen molar-refractivity contribution >= 4 is 24.1 Å². The highest BCUT2D eigenvalue weighted by molar-refractivity contribution is 7.57. The van der Waals surface area contributed by atoms with Gasteiger partial charge < -0.3 is 10.00 Å². The summed E-state index contributed by atoms with van der Waals surface area (Å²) in [6, 6.07) is 23.0. The molecular weight excluding hydrogens is 371 g/mol.